The van der Waals surface area contributed by atoms with Gasteiger partial charge in [-0.25, -0.2) is 32.2 Å². The van der Waals surface area contributed by atoms with Crippen LogP contribution in [0.1, 0.15) is 24.5 Å². The lowest BCUT2D eigenvalue weighted by atomic mass is 10.0. The predicted molar refractivity (Wildman–Crippen MR) is 157 cm³/mol. The Morgan fingerprint density at radius 1 is 1.02 bits per heavy atom. The summed E-state index contributed by atoms with van der Waals surface area (Å²) in [5, 5.41) is 9.70. The normalized spacial score (nSPS) is 16.1. The van der Waals surface area contributed by atoms with Crippen molar-refractivity contribution >= 4 is 33.0 Å². The van der Waals surface area contributed by atoms with Crippen molar-refractivity contribution in [2.75, 3.05) is 24.5 Å². The maximum absolute atomic E-state index is 13.1. The van der Waals surface area contributed by atoms with Crippen LogP contribution in [0.3, 0.4) is 0 Å². The zero-order valence-corrected chi connectivity index (χ0v) is 25.0. The number of nitrogens with zero attached hydrogens (tertiary/aromatic N) is 5. The van der Waals surface area contributed by atoms with E-state index in [9.17, 15) is 40.3 Å². The summed E-state index contributed by atoms with van der Waals surface area (Å²) >= 11 is 0. The Balaban J connectivity index is 0.000000310. The Hall–Kier alpha value is -4.48. The van der Waals surface area contributed by atoms with Gasteiger partial charge in [0.15, 0.2) is 5.65 Å². The average Bonchev–Trinajstić information content (AvgIpc) is 3.04. The van der Waals surface area contributed by atoms with Crippen LogP contribution in [0, 0.1) is 0 Å². The van der Waals surface area contributed by atoms with Crippen LogP contribution in [-0.4, -0.2) is 70.8 Å². The molecule has 0 amide bonds. The number of nitrogens with two attached hydrogens (primary N) is 1. The summed E-state index contributed by atoms with van der Waals surface area (Å²) in [6.45, 7) is 1.57. The molecule has 2 aromatic heterocycles. The molecular formula is C29H29F5N6O5S. The van der Waals surface area contributed by atoms with Crippen LogP contribution in [0.15, 0.2) is 78.0 Å². The summed E-state index contributed by atoms with van der Waals surface area (Å²) < 4.78 is 93.9. The summed E-state index contributed by atoms with van der Waals surface area (Å²) in [5.74, 6) is -4.34. The lowest BCUT2D eigenvalue weighted by Gasteiger charge is -2.38. The standard InChI is InChI=1S/C19H16F3N5O5S.C10H13F2N/c20-19(21,22)32-12-3-5-13(6-4-12)33(30,31)27-9-8-26(11-15(27)18(28)29)16-10-24-14-2-1-7-23-17(14)25-16;1-2-10(11,12)9-5-3-8(7-13)4-6-9/h1-7,10,15H,8-9,11H2,(H,28,29);3-6H,2,7,13H2,1H3/t15-;/m1./s1. The number of hydrogen-bond donors (Lipinski definition) is 2. The number of aromatic nitrogens is 3. The van der Waals surface area contributed by atoms with Crippen molar-refractivity contribution < 1.29 is 45.0 Å². The molecule has 4 aromatic rings. The van der Waals surface area contributed by atoms with E-state index in [2.05, 4.69) is 19.7 Å². The molecule has 1 atom stereocenters. The number of hydrogen-bond acceptors (Lipinski definition) is 9. The highest BCUT2D eigenvalue weighted by Crippen LogP contribution is 2.31. The van der Waals surface area contributed by atoms with E-state index in [1.807, 2.05) is 0 Å². The molecule has 11 nitrogen and oxygen atoms in total. The van der Waals surface area contributed by atoms with Crippen molar-refractivity contribution in [2.24, 2.45) is 5.73 Å². The number of halogens is 5. The Morgan fingerprint density at radius 3 is 2.28 bits per heavy atom. The predicted octanol–water partition coefficient (Wildman–Crippen LogP) is 4.53. The van der Waals surface area contributed by atoms with Gasteiger partial charge in [0.1, 0.15) is 23.1 Å². The number of anilines is 1. The fraction of sp³-hybridized carbons (Fsp3) is 0.310. The molecule has 3 N–H and O–H groups in total. The maximum atomic E-state index is 13.1. The number of benzene rings is 2. The van der Waals surface area contributed by atoms with Gasteiger partial charge in [0.05, 0.1) is 11.1 Å². The third-order valence-corrected chi connectivity index (χ3v) is 8.89. The number of carboxylic acid groups (broad SMARTS) is 1. The van der Waals surface area contributed by atoms with Crippen LogP contribution in [0.4, 0.5) is 27.8 Å². The van der Waals surface area contributed by atoms with E-state index < -0.39 is 40.1 Å². The quantitative estimate of drug-likeness (QED) is 0.256. The largest absolute Gasteiger partial charge is 0.573 e. The number of pyridine rings is 1. The molecule has 0 spiro atoms. The van der Waals surface area contributed by atoms with Crippen molar-refractivity contribution in [3.8, 4) is 5.75 Å². The molecule has 3 heterocycles. The minimum absolute atomic E-state index is 0.0622. The number of ether oxygens (including phenoxy) is 1. The van der Waals surface area contributed by atoms with Gasteiger partial charge in [-0.15, -0.1) is 13.2 Å². The molecule has 1 aliphatic heterocycles. The highest BCUT2D eigenvalue weighted by atomic mass is 32.2. The Morgan fingerprint density at radius 2 is 1.70 bits per heavy atom. The first-order valence-electron chi connectivity index (χ1n) is 13.7. The molecule has 0 bridgehead atoms. The van der Waals surface area contributed by atoms with Gasteiger partial charge >= 0.3 is 12.3 Å². The van der Waals surface area contributed by atoms with Gasteiger partial charge in [0, 0.05) is 44.4 Å². The van der Waals surface area contributed by atoms with Crippen molar-refractivity contribution in [1.29, 1.82) is 0 Å². The van der Waals surface area contributed by atoms with Crippen LogP contribution in [-0.2, 0) is 27.3 Å². The van der Waals surface area contributed by atoms with Gasteiger partial charge in [0.25, 0.3) is 5.92 Å². The van der Waals surface area contributed by atoms with Gasteiger partial charge in [0.2, 0.25) is 10.0 Å². The Bertz CT molecular complexity index is 1760. The maximum Gasteiger partial charge on any atom is 0.573 e. The van der Waals surface area contributed by atoms with Crippen LogP contribution in [0.5, 0.6) is 5.75 Å². The summed E-state index contributed by atoms with van der Waals surface area (Å²) in [7, 11) is -4.32. The molecule has 5 rings (SSSR count). The number of carboxylic acids is 1. The minimum Gasteiger partial charge on any atom is -0.480 e. The molecule has 2 aromatic carbocycles. The van der Waals surface area contributed by atoms with Crippen molar-refractivity contribution in [1.82, 2.24) is 19.3 Å². The van der Waals surface area contributed by atoms with Crippen molar-refractivity contribution in [3.63, 3.8) is 0 Å². The van der Waals surface area contributed by atoms with Crippen LogP contribution in [0.25, 0.3) is 11.2 Å². The molecule has 246 valence electrons. The Kier molecular flexibility index (Phi) is 10.4. The fourth-order valence-electron chi connectivity index (χ4n) is 4.49. The van der Waals surface area contributed by atoms with Crippen LogP contribution >= 0.6 is 0 Å². The van der Waals surface area contributed by atoms with E-state index in [0.717, 1.165) is 34.1 Å². The molecule has 0 saturated carbocycles. The fourth-order valence-corrected chi connectivity index (χ4v) is 6.06. The first-order valence-corrected chi connectivity index (χ1v) is 15.2. The monoisotopic (exact) mass is 668 g/mol. The first kappa shape index (κ1) is 34.4. The lowest BCUT2D eigenvalue weighted by molar-refractivity contribution is -0.274. The number of carbonyl (C=O) groups is 1. The third kappa shape index (κ3) is 8.21. The van der Waals surface area contributed by atoms with E-state index >= 15 is 0 Å². The summed E-state index contributed by atoms with van der Waals surface area (Å²) in [6, 6.07) is 11.7. The molecule has 0 aliphatic carbocycles. The highest BCUT2D eigenvalue weighted by molar-refractivity contribution is 7.89. The van der Waals surface area contributed by atoms with E-state index in [1.165, 1.54) is 31.5 Å². The van der Waals surface area contributed by atoms with E-state index in [-0.39, 0.29) is 36.5 Å². The summed E-state index contributed by atoms with van der Waals surface area (Å²) in [5.41, 5.74) is 7.20. The van der Waals surface area contributed by atoms with Crippen LogP contribution in [0.2, 0.25) is 0 Å². The second-order valence-electron chi connectivity index (χ2n) is 9.97. The molecule has 1 aliphatic rings. The minimum atomic E-state index is -4.92. The molecular weight excluding hydrogens is 639 g/mol. The third-order valence-electron chi connectivity index (χ3n) is 6.97. The van der Waals surface area contributed by atoms with Crippen LogP contribution < -0.4 is 15.4 Å². The van der Waals surface area contributed by atoms with Gasteiger partial charge in [-0.1, -0.05) is 31.2 Å². The summed E-state index contributed by atoms with van der Waals surface area (Å²) in [4.78, 5) is 25.9. The van der Waals surface area contributed by atoms with Crippen molar-refractivity contribution in [3.05, 3.63) is 84.2 Å². The topological polar surface area (TPSA) is 152 Å². The van der Waals surface area contributed by atoms with Gasteiger partial charge in [-0.2, -0.15) is 4.31 Å². The average molecular weight is 669 g/mol. The van der Waals surface area contributed by atoms with E-state index in [0.29, 0.717) is 23.5 Å². The Labute approximate surface area is 260 Å². The number of aliphatic carboxylic acids is 1. The number of rotatable bonds is 8. The molecule has 1 fully saturated rings. The van der Waals surface area contributed by atoms with Gasteiger partial charge < -0.3 is 20.5 Å². The highest BCUT2D eigenvalue weighted by Gasteiger charge is 2.41. The number of sulfonamides is 1. The molecule has 0 unspecified atom stereocenters. The summed E-state index contributed by atoms with van der Waals surface area (Å²) in [6.07, 6.45) is -2.11. The number of alkyl halides is 5. The second-order valence-corrected chi connectivity index (χ2v) is 11.9. The van der Waals surface area contributed by atoms with Gasteiger partial charge in [-0.3, -0.25) is 4.79 Å². The lowest BCUT2D eigenvalue weighted by Crippen LogP contribution is -2.58. The molecule has 46 heavy (non-hydrogen) atoms. The smallest absolute Gasteiger partial charge is 0.480 e. The SMILES string of the molecule is CCC(F)(F)c1ccc(CN)cc1.O=C(O)[C@H]1CN(c2cnc3cccnc3n2)CCN1S(=O)(=O)c1ccc(OC(F)(F)F)cc1. The molecule has 0 radical (unpaired) electrons. The molecule has 1 saturated heterocycles. The van der Waals surface area contributed by atoms with E-state index in [1.54, 1.807) is 29.2 Å². The molecule has 17 heteroatoms. The van der Waals surface area contributed by atoms with Crippen molar-refractivity contribution in [2.45, 2.75) is 43.1 Å². The zero-order chi connectivity index (χ0) is 33.7. The van der Waals surface area contributed by atoms with Gasteiger partial charge in [-0.05, 0) is 42.0 Å². The number of piperazine rings is 1. The zero-order valence-electron chi connectivity index (χ0n) is 24.2. The second kappa shape index (κ2) is 13.9. The number of fused-ring (bicyclic) bond motifs is 1. The first-order chi connectivity index (χ1) is 21.6. The van der Waals surface area contributed by atoms with E-state index in [4.69, 9.17) is 5.73 Å².